The second-order valence-corrected chi connectivity index (χ2v) is 4.64. The molecule has 0 saturated heterocycles. The van der Waals surface area contributed by atoms with Gasteiger partial charge < -0.3 is 15.2 Å². The Bertz CT molecular complexity index is 435. The second kappa shape index (κ2) is 8.55. The molecule has 1 aromatic carbocycles. The maximum absolute atomic E-state index is 11.4. The lowest BCUT2D eigenvalue weighted by Crippen LogP contribution is -2.30. The molecule has 1 rings (SSSR count). The molecule has 0 saturated carbocycles. The predicted molar refractivity (Wildman–Crippen MR) is 78.5 cm³/mol. The highest BCUT2D eigenvalue weighted by Gasteiger charge is 2.12. The normalized spacial score (nSPS) is 10.7. The Kier molecular flexibility index (Phi) is 7.04. The fourth-order valence-corrected chi connectivity index (χ4v) is 2.13. The first kappa shape index (κ1) is 16.5. The topological polar surface area (TPSA) is 64.8 Å². The van der Waals surface area contributed by atoms with Crippen LogP contribution >= 0.6 is 0 Å². The number of nitrogens with two attached hydrogens (primary N) is 1. The van der Waals surface area contributed by atoms with Crippen molar-refractivity contribution in [1.82, 2.24) is 4.90 Å². The fraction of sp³-hybridized carbons (Fsp3) is 0.533. The van der Waals surface area contributed by atoms with Gasteiger partial charge in [-0.15, -0.1) is 0 Å². The maximum Gasteiger partial charge on any atom is 0.319 e. The van der Waals surface area contributed by atoms with E-state index in [4.69, 9.17) is 15.2 Å². The summed E-state index contributed by atoms with van der Waals surface area (Å²) in [4.78, 5) is 13.5. The molecule has 0 fully saturated rings. The summed E-state index contributed by atoms with van der Waals surface area (Å²) in [6.45, 7) is 4.36. The van der Waals surface area contributed by atoms with Crippen LogP contribution in [0.1, 0.15) is 24.5 Å². The Morgan fingerprint density at radius 2 is 2.10 bits per heavy atom. The Balaban J connectivity index is 2.79. The Morgan fingerprint density at radius 1 is 1.35 bits per heavy atom. The Labute approximate surface area is 120 Å². The first-order chi connectivity index (χ1) is 9.64. The van der Waals surface area contributed by atoms with Crippen LogP contribution in [0.3, 0.4) is 0 Å². The van der Waals surface area contributed by atoms with Crippen molar-refractivity contribution in [1.29, 1.82) is 0 Å². The van der Waals surface area contributed by atoms with Crippen LogP contribution < -0.4 is 10.5 Å². The van der Waals surface area contributed by atoms with E-state index in [0.29, 0.717) is 19.6 Å². The summed E-state index contributed by atoms with van der Waals surface area (Å²) in [6.07, 6.45) is 0.983. The van der Waals surface area contributed by atoms with Gasteiger partial charge in [0.2, 0.25) is 0 Å². The van der Waals surface area contributed by atoms with Gasteiger partial charge in [-0.3, -0.25) is 9.69 Å². The molecule has 0 bridgehead atoms. The van der Waals surface area contributed by atoms with E-state index < -0.39 is 0 Å². The van der Waals surface area contributed by atoms with E-state index in [1.165, 1.54) is 7.11 Å². The Morgan fingerprint density at radius 3 is 2.65 bits per heavy atom. The standard InChI is InChI=1S/C15H24N2O3/c1-4-7-17(11-15(18)20-3)10-12-5-6-14(19-2)13(8-12)9-16/h5-6,8H,4,7,9-11,16H2,1-3H3. The summed E-state index contributed by atoms with van der Waals surface area (Å²) in [7, 11) is 3.04. The Hall–Kier alpha value is -1.59. The monoisotopic (exact) mass is 280 g/mol. The number of nitrogens with zero attached hydrogens (tertiary/aromatic N) is 1. The molecule has 2 N–H and O–H groups in total. The van der Waals surface area contributed by atoms with Gasteiger partial charge in [0.05, 0.1) is 20.8 Å². The minimum Gasteiger partial charge on any atom is -0.496 e. The highest BCUT2D eigenvalue weighted by molar-refractivity contribution is 5.71. The van der Waals surface area contributed by atoms with Gasteiger partial charge in [-0.25, -0.2) is 0 Å². The zero-order valence-electron chi connectivity index (χ0n) is 12.5. The average Bonchev–Trinajstić information content (AvgIpc) is 2.47. The summed E-state index contributed by atoms with van der Waals surface area (Å²) in [5, 5.41) is 0. The molecule has 5 nitrogen and oxygen atoms in total. The van der Waals surface area contributed by atoms with E-state index in [0.717, 1.165) is 29.8 Å². The van der Waals surface area contributed by atoms with Crippen LogP contribution in [-0.2, 0) is 22.6 Å². The molecular weight excluding hydrogens is 256 g/mol. The number of methoxy groups -OCH3 is 2. The molecule has 0 aliphatic heterocycles. The molecule has 0 atom stereocenters. The van der Waals surface area contributed by atoms with Crippen molar-refractivity contribution in [2.45, 2.75) is 26.4 Å². The van der Waals surface area contributed by atoms with Gasteiger partial charge in [-0.1, -0.05) is 13.0 Å². The van der Waals surface area contributed by atoms with E-state index in [-0.39, 0.29) is 5.97 Å². The van der Waals surface area contributed by atoms with Gasteiger partial charge in [-0.05, 0) is 30.7 Å². The molecule has 0 unspecified atom stereocenters. The first-order valence-corrected chi connectivity index (χ1v) is 6.79. The van der Waals surface area contributed by atoms with Crippen LogP contribution in [0.4, 0.5) is 0 Å². The molecule has 0 aromatic heterocycles. The molecule has 0 amide bonds. The van der Waals surface area contributed by atoms with Gasteiger partial charge in [0.25, 0.3) is 0 Å². The number of carbonyl (C=O) groups excluding carboxylic acids is 1. The van der Waals surface area contributed by atoms with Crippen molar-refractivity contribution in [2.75, 3.05) is 27.3 Å². The van der Waals surface area contributed by atoms with E-state index >= 15 is 0 Å². The van der Waals surface area contributed by atoms with Gasteiger partial charge in [0.1, 0.15) is 5.75 Å². The number of ether oxygens (including phenoxy) is 2. The average molecular weight is 280 g/mol. The van der Waals surface area contributed by atoms with Crippen molar-refractivity contribution in [2.24, 2.45) is 5.73 Å². The van der Waals surface area contributed by atoms with E-state index in [2.05, 4.69) is 11.8 Å². The number of rotatable bonds is 8. The third-order valence-electron chi connectivity index (χ3n) is 3.09. The van der Waals surface area contributed by atoms with Crippen molar-refractivity contribution in [3.63, 3.8) is 0 Å². The summed E-state index contributed by atoms with van der Waals surface area (Å²) >= 11 is 0. The molecular formula is C15H24N2O3. The van der Waals surface area contributed by atoms with Crippen LogP contribution in [0.25, 0.3) is 0 Å². The minimum atomic E-state index is -0.217. The van der Waals surface area contributed by atoms with E-state index in [9.17, 15) is 4.79 Å². The third-order valence-corrected chi connectivity index (χ3v) is 3.09. The molecule has 112 valence electrons. The molecule has 0 heterocycles. The summed E-state index contributed by atoms with van der Waals surface area (Å²) < 4.78 is 9.98. The number of hydrogen-bond donors (Lipinski definition) is 1. The van der Waals surface area contributed by atoms with E-state index in [1.807, 2.05) is 18.2 Å². The predicted octanol–water partition coefficient (Wildman–Crippen LogP) is 1.54. The minimum absolute atomic E-state index is 0.217. The SMILES string of the molecule is CCCN(CC(=O)OC)Cc1ccc(OC)c(CN)c1. The van der Waals surface area contributed by atoms with Crippen molar-refractivity contribution in [3.8, 4) is 5.75 Å². The molecule has 20 heavy (non-hydrogen) atoms. The summed E-state index contributed by atoms with van der Waals surface area (Å²) in [6, 6.07) is 5.94. The zero-order chi connectivity index (χ0) is 15.0. The molecule has 0 spiro atoms. The van der Waals surface area contributed by atoms with Crippen molar-refractivity contribution in [3.05, 3.63) is 29.3 Å². The molecule has 5 heteroatoms. The zero-order valence-corrected chi connectivity index (χ0v) is 12.5. The van der Waals surface area contributed by atoms with Crippen LogP contribution in [0.5, 0.6) is 5.75 Å². The summed E-state index contributed by atoms with van der Waals surface area (Å²) in [5.41, 5.74) is 7.81. The fourth-order valence-electron chi connectivity index (χ4n) is 2.13. The van der Waals surface area contributed by atoms with Gasteiger partial charge in [0.15, 0.2) is 0 Å². The van der Waals surface area contributed by atoms with Crippen molar-refractivity contribution < 1.29 is 14.3 Å². The van der Waals surface area contributed by atoms with Crippen LogP contribution in [0.2, 0.25) is 0 Å². The molecule has 1 aromatic rings. The van der Waals surface area contributed by atoms with Crippen LogP contribution in [-0.4, -0.2) is 38.2 Å². The number of esters is 1. The number of hydrogen-bond acceptors (Lipinski definition) is 5. The van der Waals surface area contributed by atoms with Gasteiger partial charge >= 0.3 is 5.97 Å². The lowest BCUT2D eigenvalue weighted by molar-refractivity contribution is -0.142. The maximum atomic E-state index is 11.4. The molecule has 0 aliphatic carbocycles. The van der Waals surface area contributed by atoms with E-state index in [1.54, 1.807) is 7.11 Å². The summed E-state index contributed by atoms with van der Waals surface area (Å²) in [5.74, 6) is 0.581. The number of benzene rings is 1. The molecule has 0 aliphatic rings. The molecule has 0 radical (unpaired) electrons. The second-order valence-electron chi connectivity index (χ2n) is 4.64. The quantitative estimate of drug-likeness (QED) is 0.732. The highest BCUT2D eigenvalue weighted by Crippen LogP contribution is 2.20. The number of carbonyl (C=O) groups is 1. The van der Waals surface area contributed by atoms with Crippen LogP contribution in [0, 0.1) is 0 Å². The van der Waals surface area contributed by atoms with Gasteiger partial charge in [0, 0.05) is 18.7 Å². The smallest absolute Gasteiger partial charge is 0.319 e. The van der Waals surface area contributed by atoms with Crippen molar-refractivity contribution >= 4 is 5.97 Å². The lowest BCUT2D eigenvalue weighted by Gasteiger charge is -2.21. The van der Waals surface area contributed by atoms with Crippen LogP contribution in [0.15, 0.2) is 18.2 Å². The highest BCUT2D eigenvalue weighted by atomic mass is 16.5. The van der Waals surface area contributed by atoms with Gasteiger partial charge in [-0.2, -0.15) is 0 Å². The largest absolute Gasteiger partial charge is 0.496 e. The third kappa shape index (κ3) is 4.83. The first-order valence-electron chi connectivity index (χ1n) is 6.79. The lowest BCUT2D eigenvalue weighted by atomic mass is 10.1.